The Bertz CT molecular complexity index is 896. The van der Waals surface area contributed by atoms with E-state index in [-0.39, 0.29) is 11.4 Å². The quantitative estimate of drug-likeness (QED) is 0.641. The lowest BCUT2D eigenvalue weighted by atomic mass is 9.97. The van der Waals surface area contributed by atoms with E-state index in [4.69, 9.17) is 5.73 Å². The maximum Gasteiger partial charge on any atom is 0.251 e. The van der Waals surface area contributed by atoms with Gasteiger partial charge in [0.2, 0.25) is 0 Å². The third kappa shape index (κ3) is 4.01. The molecule has 1 amide bonds. The molecule has 3 N–H and O–H groups in total. The fourth-order valence-electron chi connectivity index (χ4n) is 3.66. The van der Waals surface area contributed by atoms with Gasteiger partial charge in [-0.2, -0.15) is 0 Å². The number of thioether (sulfide) groups is 1. The molecule has 0 saturated heterocycles. The fourth-order valence-corrected chi connectivity index (χ4v) is 4.44. The van der Waals surface area contributed by atoms with E-state index in [1.807, 2.05) is 53.1 Å². The fraction of sp³-hybridized carbons (Fsp3) is 0.333. The Morgan fingerprint density at radius 1 is 1.19 bits per heavy atom. The SMILES string of the molecule is NCC1(NC(=O)c2ccc(SCc3cn4ccccc4n3)cc2)CCCC1. The van der Waals surface area contributed by atoms with Gasteiger partial charge in [-0.05, 0) is 49.2 Å². The number of nitrogens with two attached hydrogens (primary N) is 1. The molecule has 2 heterocycles. The van der Waals surface area contributed by atoms with Crippen molar-refractivity contribution in [1.29, 1.82) is 0 Å². The van der Waals surface area contributed by atoms with Crippen molar-refractivity contribution in [1.82, 2.24) is 14.7 Å². The number of hydrogen-bond donors (Lipinski definition) is 2. The van der Waals surface area contributed by atoms with Crippen LogP contribution in [0.1, 0.15) is 41.7 Å². The summed E-state index contributed by atoms with van der Waals surface area (Å²) < 4.78 is 2.03. The molecule has 0 aliphatic heterocycles. The van der Waals surface area contributed by atoms with Gasteiger partial charge in [-0.15, -0.1) is 11.8 Å². The largest absolute Gasteiger partial charge is 0.345 e. The number of hydrogen-bond acceptors (Lipinski definition) is 4. The summed E-state index contributed by atoms with van der Waals surface area (Å²) in [5.74, 6) is 0.767. The van der Waals surface area contributed by atoms with Gasteiger partial charge in [0, 0.05) is 35.2 Å². The van der Waals surface area contributed by atoms with Crippen molar-refractivity contribution >= 4 is 23.3 Å². The van der Waals surface area contributed by atoms with Crippen LogP contribution in [-0.2, 0) is 5.75 Å². The molecule has 3 aromatic rings. The maximum absolute atomic E-state index is 12.6. The summed E-state index contributed by atoms with van der Waals surface area (Å²) in [5.41, 5.74) is 8.39. The second kappa shape index (κ2) is 7.74. The molecule has 27 heavy (non-hydrogen) atoms. The maximum atomic E-state index is 12.6. The molecule has 6 heteroatoms. The number of carbonyl (C=O) groups is 1. The first kappa shape index (κ1) is 18.1. The highest BCUT2D eigenvalue weighted by molar-refractivity contribution is 7.98. The molecule has 0 radical (unpaired) electrons. The molecule has 4 rings (SSSR count). The summed E-state index contributed by atoms with van der Waals surface area (Å²) in [4.78, 5) is 18.3. The number of aromatic nitrogens is 2. The van der Waals surface area contributed by atoms with Crippen molar-refractivity contribution in [2.24, 2.45) is 5.73 Å². The second-order valence-electron chi connectivity index (χ2n) is 7.16. The van der Waals surface area contributed by atoms with Crippen molar-refractivity contribution in [3.63, 3.8) is 0 Å². The Morgan fingerprint density at radius 3 is 2.67 bits per heavy atom. The molecular formula is C21H24N4OS. The number of benzene rings is 1. The Kier molecular flexibility index (Phi) is 5.18. The van der Waals surface area contributed by atoms with Crippen LogP contribution in [-0.4, -0.2) is 27.4 Å². The Labute approximate surface area is 163 Å². The minimum atomic E-state index is -0.215. The second-order valence-corrected chi connectivity index (χ2v) is 8.21. The van der Waals surface area contributed by atoms with Crippen LogP contribution in [0.4, 0.5) is 0 Å². The van der Waals surface area contributed by atoms with E-state index in [0.29, 0.717) is 12.1 Å². The van der Waals surface area contributed by atoms with Crippen molar-refractivity contribution in [3.05, 3.63) is 66.1 Å². The average molecular weight is 381 g/mol. The number of imidazole rings is 1. The van der Waals surface area contributed by atoms with E-state index < -0.39 is 0 Å². The number of fused-ring (bicyclic) bond motifs is 1. The molecule has 0 spiro atoms. The lowest BCUT2D eigenvalue weighted by Crippen LogP contribution is -2.51. The van der Waals surface area contributed by atoms with Crippen LogP contribution in [0, 0.1) is 0 Å². The molecule has 5 nitrogen and oxygen atoms in total. The van der Waals surface area contributed by atoms with Crippen molar-refractivity contribution in [2.75, 3.05) is 6.54 Å². The van der Waals surface area contributed by atoms with Crippen LogP contribution in [0.15, 0.2) is 59.8 Å². The molecule has 0 bridgehead atoms. The number of carbonyl (C=O) groups excluding carboxylic acids is 1. The predicted octanol–water partition coefficient (Wildman–Crippen LogP) is 3.63. The van der Waals surface area contributed by atoms with Gasteiger partial charge in [0.05, 0.1) is 11.2 Å². The van der Waals surface area contributed by atoms with Gasteiger partial charge >= 0.3 is 0 Å². The van der Waals surface area contributed by atoms with E-state index in [9.17, 15) is 4.79 Å². The zero-order valence-electron chi connectivity index (χ0n) is 15.2. The normalized spacial score (nSPS) is 15.9. The van der Waals surface area contributed by atoms with E-state index in [1.54, 1.807) is 11.8 Å². The highest BCUT2D eigenvalue weighted by atomic mass is 32.2. The van der Waals surface area contributed by atoms with Gasteiger partial charge in [0.25, 0.3) is 5.91 Å². The highest BCUT2D eigenvalue weighted by Crippen LogP contribution is 2.29. The number of amides is 1. The minimum absolute atomic E-state index is 0.0285. The van der Waals surface area contributed by atoms with Gasteiger partial charge in [-0.1, -0.05) is 18.9 Å². The van der Waals surface area contributed by atoms with E-state index in [2.05, 4.69) is 16.5 Å². The van der Waals surface area contributed by atoms with Crippen molar-refractivity contribution in [2.45, 2.75) is 41.9 Å². The summed E-state index contributed by atoms with van der Waals surface area (Å²) in [6.07, 6.45) is 8.27. The molecular weight excluding hydrogens is 356 g/mol. The number of pyridine rings is 1. The Morgan fingerprint density at radius 2 is 1.96 bits per heavy atom. The van der Waals surface area contributed by atoms with Crippen LogP contribution in [0.25, 0.3) is 5.65 Å². The number of nitrogens with zero attached hydrogens (tertiary/aromatic N) is 2. The van der Waals surface area contributed by atoms with E-state index in [1.165, 1.54) is 0 Å². The lowest BCUT2D eigenvalue weighted by molar-refractivity contribution is 0.0903. The molecule has 1 aliphatic rings. The zero-order chi connectivity index (χ0) is 18.7. The molecule has 0 atom stereocenters. The average Bonchev–Trinajstić information content (AvgIpc) is 3.33. The van der Waals surface area contributed by atoms with Crippen LogP contribution < -0.4 is 11.1 Å². The summed E-state index contributed by atoms with van der Waals surface area (Å²) in [5, 5.41) is 3.17. The van der Waals surface area contributed by atoms with Gasteiger partial charge < -0.3 is 15.5 Å². The molecule has 0 unspecified atom stereocenters. The topological polar surface area (TPSA) is 72.4 Å². The van der Waals surface area contributed by atoms with E-state index >= 15 is 0 Å². The smallest absolute Gasteiger partial charge is 0.251 e. The van der Waals surface area contributed by atoms with E-state index in [0.717, 1.165) is 47.7 Å². The predicted molar refractivity (Wildman–Crippen MR) is 109 cm³/mol. The molecule has 1 saturated carbocycles. The van der Waals surface area contributed by atoms with Crippen LogP contribution in [0.5, 0.6) is 0 Å². The standard InChI is InChI=1S/C21H24N4OS/c22-15-21(10-2-3-11-21)24-20(26)16-6-8-18(9-7-16)27-14-17-13-25-12-4-1-5-19(25)23-17/h1,4-9,12-13H,2-3,10-11,14-15,22H2,(H,24,26). The molecule has 1 aromatic carbocycles. The first-order valence-corrected chi connectivity index (χ1v) is 10.3. The minimum Gasteiger partial charge on any atom is -0.345 e. The highest BCUT2D eigenvalue weighted by Gasteiger charge is 2.33. The molecule has 1 aliphatic carbocycles. The first-order valence-electron chi connectivity index (χ1n) is 9.36. The summed E-state index contributed by atoms with van der Waals surface area (Å²) in [6, 6.07) is 13.8. The zero-order valence-corrected chi connectivity index (χ0v) is 16.0. The Hall–Kier alpha value is -2.31. The number of nitrogens with one attached hydrogen (secondary N) is 1. The summed E-state index contributed by atoms with van der Waals surface area (Å²) in [6.45, 7) is 0.506. The monoisotopic (exact) mass is 380 g/mol. The molecule has 1 fully saturated rings. The third-order valence-electron chi connectivity index (χ3n) is 5.25. The van der Waals surface area contributed by atoms with Gasteiger partial charge in [-0.3, -0.25) is 4.79 Å². The summed E-state index contributed by atoms with van der Waals surface area (Å²) >= 11 is 1.72. The van der Waals surface area contributed by atoms with Gasteiger partial charge in [-0.25, -0.2) is 4.98 Å². The lowest BCUT2D eigenvalue weighted by Gasteiger charge is -2.28. The Balaban J connectivity index is 1.37. The van der Waals surface area contributed by atoms with Crippen LogP contribution >= 0.6 is 11.8 Å². The van der Waals surface area contributed by atoms with Crippen LogP contribution in [0.2, 0.25) is 0 Å². The first-order chi connectivity index (χ1) is 13.2. The third-order valence-corrected chi connectivity index (χ3v) is 6.29. The van der Waals surface area contributed by atoms with Gasteiger partial charge in [0.1, 0.15) is 5.65 Å². The number of rotatable bonds is 6. The summed E-state index contributed by atoms with van der Waals surface area (Å²) in [7, 11) is 0. The van der Waals surface area contributed by atoms with Crippen molar-refractivity contribution in [3.8, 4) is 0 Å². The van der Waals surface area contributed by atoms with Crippen LogP contribution in [0.3, 0.4) is 0 Å². The van der Waals surface area contributed by atoms with Crippen molar-refractivity contribution < 1.29 is 4.79 Å². The molecule has 140 valence electrons. The molecule has 2 aromatic heterocycles. The van der Waals surface area contributed by atoms with Gasteiger partial charge in [0.15, 0.2) is 0 Å².